The van der Waals surface area contributed by atoms with Crippen molar-refractivity contribution in [2.75, 3.05) is 20.1 Å². The van der Waals surface area contributed by atoms with E-state index in [9.17, 15) is 27.6 Å². The maximum atomic E-state index is 12.4. The van der Waals surface area contributed by atoms with Crippen LogP contribution in [0.4, 0.5) is 13.2 Å². The number of hydrogen-bond acceptors (Lipinski definition) is 3. The lowest BCUT2D eigenvalue weighted by Crippen LogP contribution is -2.40. The van der Waals surface area contributed by atoms with Gasteiger partial charge in [-0.15, -0.1) is 0 Å². The molecule has 0 bridgehead atoms. The van der Waals surface area contributed by atoms with Gasteiger partial charge in [0.05, 0.1) is 12.1 Å². The number of likely N-dealkylation sites (N-methyl/N-ethyl adjacent to an activating group) is 1. The maximum absolute atomic E-state index is 12.4. The van der Waals surface area contributed by atoms with Crippen LogP contribution in [-0.4, -0.2) is 47.9 Å². The number of halogens is 3. The first-order valence-electron chi connectivity index (χ1n) is 6.02. The van der Waals surface area contributed by atoms with E-state index < -0.39 is 42.6 Å². The van der Waals surface area contributed by atoms with Crippen LogP contribution in [0, 0.1) is 0 Å². The summed E-state index contributed by atoms with van der Waals surface area (Å²) in [5.41, 5.74) is -0.928. The zero-order valence-electron chi connectivity index (χ0n) is 11.5. The van der Waals surface area contributed by atoms with E-state index >= 15 is 0 Å². The molecule has 0 spiro atoms. The number of nitrogens with zero attached hydrogens (tertiary/aromatic N) is 1. The number of alkyl halides is 3. The van der Waals surface area contributed by atoms with Crippen molar-refractivity contribution in [3.05, 3.63) is 35.4 Å². The molecule has 0 saturated heterocycles. The van der Waals surface area contributed by atoms with Gasteiger partial charge in [-0.2, -0.15) is 13.2 Å². The molecule has 0 unspecified atom stereocenters. The van der Waals surface area contributed by atoms with Crippen LogP contribution in [0.5, 0.6) is 0 Å². The van der Waals surface area contributed by atoms with Gasteiger partial charge in [0.1, 0.15) is 6.54 Å². The Morgan fingerprint density at radius 2 is 1.73 bits per heavy atom. The van der Waals surface area contributed by atoms with Gasteiger partial charge >= 0.3 is 12.1 Å². The van der Waals surface area contributed by atoms with Crippen molar-refractivity contribution in [1.82, 2.24) is 10.2 Å². The Morgan fingerprint density at radius 1 is 1.18 bits per heavy atom. The van der Waals surface area contributed by atoms with Crippen molar-refractivity contribution in [2.24, 2.45) is 0 Å². The Hall–Kier alpha value is -2.58. The highest BCUT2D eigenvalue weighted by Gasteiger charge is 2.30. The molecule has 0 saturated carbocycles. The van der Waals surface area contributed by atoms with Crippen LogP contribution >= 0.6 is 0 Å². The Morgan fingerprint density at radius 3 is 2.18 bits per heavy atom. The standard InChI is InChI=1S/C13H13F3N2O4/c1-18(7-11(20)21)10(19)6-17-12(22)8-2-4-9(5-3-8)13(14,15)16/h2-5H,6-7H2,1H3,(H,17,22)(H,20,21). The zero-order chi connectivity index (χ0) is 16.9. The average molecular weight is 318 g/mol. The summed E-state index contributed by atoms with van der Waals surface area (Å²) in [5, 5.41) is 10.7. The van der Waals surface area contributed by atoms with Gasteiger partial charge in [-0.05, 0) is 24.3 Å². The van der Waals surface area contributed by atoms with Gasteiger partial charge in [-0.1, -0.05) is 0 Å². The van der Waals surface area contributed by atoms with Gasteiger partial charge in [0, 0.05) is 12.6 Å². The van der Waals surface area contributed by atoms with E-state index in [1.54, 1.807) is 0 Å². The van der Waals surface area contributed by atoms with Crippen LogP contribution in [0.25, 0.3) is 0 Å². The Kier molecular flexibility index (Phi) is 5.50. The lowest BCUT2D eigenvalue weighted by Gasteiger charge is -2.15. The van der Waals surface area contributed by atoms with Gasteiger partial charge in [0.25, 0.3) is 5.91 Å². The maximum Gasteiger partial charge on any atom is 0.416 e. The first-order chi connectivity index (χ1) is 10.1. The van der Waals surface area contributed by atoms with Crippen molar-refractivity contribution >= 4 is 17.8 Å². The zero-order valence-corrected chi connectivity index (χ0v) is 11.5. The molecule has 120 valence electrons. The van der Waals surface area contributed by atoms with Crippen molar-refractivity contribution in [3.63, 3.8) is 0 Å². The van der Waals surface area contributed by atoms with Crippen molar-refractivity contribution in [2.45, 2.75) is 6.18 Å². The van der Waals surface area contributed by atoms with Crippen LogP contribution in [-0.2, 0) is 15.8 Å². The van der Waals surface area contributed by atoms with E-state index in [1.807, 2.05) is 0 Å². The van der Waals surface area contributed by atoms with E-state index in [4.69, 9.17) is 5.11 Å². The molecule has 0 atom stereocenters. The topological polar surface area (TPSA) is 86.7 Å². The summed E-state index contributed by atoms with van der Waals surface area (Å²) in [4.78, 5) is 34.5. The minimum absolute atomic E-state index is 0.0401. The number of rotatable bonds is 5. The second kappa shape index (κ2) is 6.92. The number of aliphatic carboxylic acids is 1. The Labute approximate surface area is 123 Å². The number of benzene rings is 1. The quantitative estimate of drug-likeness (QED) is 0.847. The van der Waals surface area contributed by atoms with E-state index in [1.165, 1.54) is 7.05 Å². The molecule has 0 fully saturated rings. The third-order valence-electron chi connectivity index (χ3n) is 2.67. The predicted octanol–water partition coefficient (Wildman–Crippen LogP) is 0.978. The Balaban J connectivity index is 2.59. The van der Waals surface area contributed by atoms with E-state index in [0.29, 0.717) is 0 Å². The first-order valence-corrected chi connectivity index (χ1v) is 6.02. The van der Waals surface area contributed by atoms with Crippen LogP contribution < -0.4 is 5.32 Å². The SMILES string of the molecule is CN(CC(=O)O)C(=O)CNC(=O)c1ccc(C(F)(F)F)cc1. The molecule has 1 aromatic carbocycles. The Bertz CT molecular complexity index is 570. The lowest BCUT2D eigenvalue weighted by atomic mass is 10.1. The molecule has 0 heterocycles. The molecule has 2 amide bonds. The molecule has 22 heavy (non-hydrogen) atoms. The van der Waals surface area contributed by atoms with Crippen LogP contribution in [0.2, 0.25) is 0 Å². The minimum Gasteiger partial charge on any atom is -0.480 e. The van der Waals surface area contributed by atoms with Crippen molar-refractivity contribution in [1.29, 1.82) is 0 Å². The van der Waals surface area contributed by atoms with E-state index in [0.717, 1.165) is 29.2 Å². The molecule has 0 aliphatic carbocycles. The molecule has 2 N–H and O–H groups in total. The monoisotopic (exact) mass is 318 g/mol. The summed E-state index contributed by atoms with van der Waals surface area (Å²) in [5.74, 6) is -2.57. The molecule has 6 nitrogen and oxygen atoms in total. The summed E-state index contributed by atoms with van der Waals surface area (Å²) in [7, 11) is 1.25. The summed E-state index contributed by atoms with van der Waals surface area (Å²) < 4.78 is 37.1. The third-order valence-corrected chi connectivity index (χ3v) is 2.67. The molecule has 0 aliphatic heterocycles. The van der Waals surface area contributed by atoms with E-state index in [-0.39, 0.29) is 5.56 Å². The lowest BCUT2D eigenvalue weighted by molar-refractivity contribution is -0.143. The van der Waals surface area contributed by atoms with Gasteiger partial charge < -0.3 is 15.3 Å². The highest BCUT2D eigenvalue weighted by atomic mass is 19.4. The van der Waals surface area contributed by atoms with Crippen LogP contribution in [0.1, 0.15) is 15.9 Å². The van der Waals surface area contributed by atoms with E-state index in [2.05, 4.69) is 5.32 Å². The molecule has 0 radical (unpaired) electrons. The van der Waals surface area contributed by atoms with Crippen LogP contribution in [0.3, 0.4) is 0 Å². The van der Waals surface area contributed by atoms with Gasteiger partial charge in [0.15, 0.2) is 0 Å². The molecule has 1 aromatic rings. The van der Waals surface area contributed by atoms with Crippen LogP contribution in [0.15, 0.2) is 24.3 Å². The summed E-state index contributed by atoms with van der Waals surface area (Å²) in [6.45, 7) is -0.974. The fourth-order valence-electron chi connectivity index (χ4n) is 1.49. The highest BCUT2D eigenvalue weighted by Crippen LogP contribution is 2.28. The van der Waals surface area contributed by atoms with Gasteiger partial charge in [-0.3, -0.25) is 14.4 Å². The minimum atomic E-state index is -4.50. The number of carboxylic acids is 1. The molecular weight excluding hydrogens is 305 g/mol. The first kappa shape index (κ1) is 17.5. The summed E-state index contributed by atoms with van der Waals surface area (Å²) >= 11 is 0. The fourth-order valence-corrected chi connectivity index (χ4v) is 1.49. The summed E-state index contributed by atoms with van der Waals surface area (Å²) in [6, 6.07) is 3.49. The number of carbonyl (C=O) groups is 3. The molecule has 9 heteroatoms. The summed E-state index contributed by atoms with van der Waals surface area (Å²) in [6.07, 6.45) is -4.50. The largest absolute Gasteiger partial charge is 0.480 e. The molecule has 0 aliphatic rings. The molecule has 1 rings (SSSR count). The fraction of sp³-hybridized carbons (Fsp3) is 0.308. The number of carboxylic acid groups (broad SMARTS) is 1. The highest BCUT2D eigenvalue weighted by molar-refractivity contribution is 5.96. The second-order valence-corrected chi connectivity index (χ2v) is 4.40. The smallest absolute Gasteiger partial charge is 0.416 e. The van der Waals surface area contributed by atoms with Crippen molar-refractivity contribution < 1.29 is 32.7 Å². The van der Waals surface area contributed by atoms with Crippen molar-refractivity contribution in [3.8, 4) is 0 Å². The average Bonchev–Trinajstić information content (AvgIpc) is 2.42. The molecular formula is C13H13F3N2O4. The number of hydrogen-bond donors (Lipinski definition) is 2. The van der Waals surface area contributed by atoms with Gasteiger partial charge in [-0.25, -0.2) is 0 Å². The normalized spacial score (nSPS) is 10.9. The number of amides is 2. The van der Waals surface area contributed by atoms with Gasteiger partial charge in [0.2, 0.25) is 5.91 Å². The number of nitrogens with one attached hydrogen (secondary N) is 1. The second-order valence-electron chi connectivity index (χ2n) is 4.40. The third kappa shape index (κ3) is 5.08. The number of carbonyl (C=O) groups excluding carboxylic acids is 2. The predicted molar refractivity (Wildman–Crippen MR) is 69.1 cm³/mol. The molecule has 0 aromatic heterocycles.